The van der Waals surface area contributed by atoms with Crippen LogP contribution >= 0.6 is 0 Å². The zero-order valence-electron chi connectivity index (χ0n) is 13.8. The first-order valence-corrected chi connectivity index (χ1v) is 8.70. The molecule has 128 valence electrons. The molecule has 1 N–H and O–H groups in total. The maximum absolute atomic E-state index is 12.6. The van der Waals surface area contributed by atoms with Crippen LogP contribution in [0.15, 0.2) is 23.1 Å². The molecule has 0 saturated heterocycles. The smallest absolute Gasteiger partial charge is 0.243 e. The molecule has 1 aliphatic rings. The van der Waals surface area contributed by atoms with Crippen LogP contribution in [0, 0.1) is 0 Å². The lowest BCUT2D eigenvalue weighted by Crippen LogP contribution is -2.46. The molecule has 8 heteroatoms. The number of carbonyl (C=O) groups excluding carboxylic acids is 1. The van der Waals surface area contributed by atoms with Crippen molar-refractivity contribution in [3.63, 3.8) is 0 Å². The Morgan fingerprint density at radius 3 is 2.43 bits per heavy atom. The van der Waals surface area contributed by atoms with Crippen molar-refractivity contribution < 1.29 is 22.7 Å². The summed E-state index contributed by atoms with van der Waals surface area (Å²) >= 11 is 0. The SMILES string of the molecule is CN(CC(=O)NC(C)(C)C)S(=O)(=O)c1ccc2c(c1)OCCO2. The average molecular weight is 342 g/mol. The molecule has 2 rings (SSSR count). The van der Waals surface area contributed by atoms with Crippen molar-refractivity contribution in [1.82, 2.24) is 9.62 Å². The van der Waals surface area contributed by atoms with E-state index in [0.717, 1.165) is 4.31 Å². The third-order valence-electron chi connectivity index (χ3n) is 3.10. The predicted molar refractivity (Wildman–Crippen MR) is 85.1 cm³/mol. The van der Waals surface area contributed by atoms with Gasteiger partial charge >= 0.3 is 0 Å². The van der Waals surface area contributed by atoms with Crippen molar-refractivity contribution in [3.8, 4) is 11.5 Å². The highest BCUT2D eigenvalue weighted by Crippen LogP contribution is 2.32. The summed E-state index contributed by atoms with van der Waals surface area (Å²) in [7, 11) is -2.42. The molecular weight excluding hydrogens is 320 g/mol. The summed E-state index contributed by atoms with van der Waals surface area (Å²) in [6.45, 7) is 6.06. The number of ether oxygens (including phenoxy) is 2. The molecule has 0 spiro atoms. The standard InChI is InChI=1S/C15H22N2O5S/c1-15(2,3)16-14(18)10-17(4)23(19,20)11-5-6-12-13(9-11)22-8-7-21-12/h5-6,9H,7-8,10H2,1-4H3,(H,16,18). The Morgan fingerprint density at radius 2 is 1.83 bits per heavy atom. The first-order chi connectivity index (χ1) is 10.6. The van der Waals surface area contributed by atoms with Gasteiger partial charge in [-0.2, -0.15) is 4.31 Å². The molecule has 0 saturated carbocycles. The topological polar surface area (TPSA) is 84.9 Å². The van der Waals surface area contributed by atoms with Gasteiger partial charge in [-0.25, -0.2) is 8.42 Å². The van der Waals surface area contributed by atoms with E-state index in [9.17, 15) is 13.2 Å². The molecule has 1 aliphatic heterocycles. The number of rotatable bonds is 4. The van der Waals surface area contributed by atoms with E-state index in [4.69, 9.17) is 9.47 Å². The van der Waals surface area contributed by atoms with Gasteiger partial charge in [-0.15, -0.1) is 0 Å². The van der Waals surface area contributed by atoms with E-state index in [1.165, 1.54) is 19.2 Å². The van der Waals surface area contributed by atoms with Crippen LogP contribution in [-0.2, 0) is 14.8 Å². The van der Waals surface area contributed by atoms with E-state index in [-0.39, 0.29) is 17.3 Å². The molecule has 0 unspecified atom stereocenters. The zero-order valence-corrected chi connectivity index (χ0v) is 14.6. The monoisotopic (exact) mass is 342 g/mol. The molecule has 0 atom stereocenters. The summed E-state index contributed by atoms with van der Waals surface area (Å²) in [5.74, 6) is 0.550. The molecule has 1 aromatic rings. The Balaban J connectivity index is 2.16. The summed E-state index contributed by atoms with van der Waals surface area (Å²) in [6.07, 6.45) is 0. The van der Waals surface area contributed by atoms with Crippen molar-refractivity contribution in [2.24, 2.45) is 0 Å². The fraction of sp³-hybridized carbons (Fsp3) is 0.533. The van der Waals surface area contributed by atoms with Gasteiger partial charge in [-0.3, -0.25) is 4.79 Å². The lowest BCUT2D eigenvalue weighted by atomic mass is 10.1. The second kappa shape index (κ2) is 6.37. The number of fused-ring (bicyclic) bond motifs is 1. The molecule has 0 bridgehead atoms. The summed E-state index contributed by atoms with van der Waals surface area (Å²) in [5.41, 5.74) is -0.418. The minimum Gasteiger partial charge on any atom is -0.486 e. The number of benzene rings is 1. The van der Waals surface area contributed by atoms with Gasteiger partial charge in [-0.1, -0.05) is 0 Å². The zero-order chi connectivity index (χ0) is 17.3. The molecule has 1 amide bonds. The van der Waals surface area contributed by atoms with Gasteiger partial charge in [0.05, 0.1) is 11.4 Å². The molecule has 1 aromatic carbocycles. The van der Waals surface area contributed by atoms with Crippen LogP contribution in [0.1, 0.15) is 20.8 Å². The first kappa shape index (κ1) is 17.6. The molecule has 0 aliphatic carbocycles. The number of hydrogen-bond donors (Lipinski definition) is 1. The number of nitrogens with one attached hydrogen (secondary N) is 1. The molecule has 0 radical (unpaired) electrons. The van der Waals surface area contributed by atoms with E-state index in [1.54, 1.807) is 6.07 Å². The number of nitrogens with zero attached hydrogens (tertiary/aromatic N) is 1. The molecule has 1 heterocycles. The summed E-state index contributed by atoms with van der Waals surface area (Å²) in [5, 5.41) is 2.73. The highest BCUT2D eigenvalue weighted by molar-refractivity contribution is 7.89. The van der Waals surface area contributed by atoms with E-state index in [1.807, 2.05) is 20.8 Å². The lowest BCUT2D eigenvalue weighted by molar-refractivity contribution is -0.122. The van der Waals surface area contributed by atoms with Gasteiger partial charge in [-0.05, 0) is 32.9 Å². The van der Waals surface area contributed by atoms with E-state index >= 15 is 0 Å². The Labute approximate surface area is 136 Å². The number of amides is 1. The molecular formula is C15H22N2O5S. The van der Waals surface area contributed by atoms with Gasteiger partial charge in [0.2, 0.25) is 15.9 Å². The van der Waals surface area contributed by atoms with Crippen LogP contribution in [0.4, 0.5) is 0 Å². The van der Waals surface area contributed by atoms with Crippen LogP contribution in [0.5, 0.6) is 11.5 Å². The number of hydrogen-bond acceptors (Lipinski definition) is 5. The molecule has 23 heavy (non-hydrogen) atoms. The Kier molecular flexibility index (Phi) is 4.86. The highest BCUT2D eigenvalue weighted by Gasteiger charge is 2.26. The minimum absolute atomic E-state index is 0.0628. The highest BCUT2D eigenvalue weighted by atomic mass is 32.2. The van der Waals surface area contributed by atoms with Crippen molar-refractivity contribution in [2.75, 3.05) is 26.8 Å². The second-order valence-corrected chi connectivity index (χ2v) is 8.41. The predicted octanol–water partition coefficient (Wildman–Crippen LogP) is 0.993. The van der Waals surface area contributed by atoms with Crippen molar-refractivity contribution in [3.05, 3.63) is 18.2 Å². The average Bonchev–Trinajstić information content (AvgIpc) is 2.44. The molecule has 0 aromatic heterocycles. The van der Waals surface area contributed by atoms with Crippen molar-refractivity contribution in [1.29, 1.82) is 0 Å². The third kappa shape index (κ3) is 4.35. The van der Waals surface area contributed by atoms with Crippen LogP contribution < -0.4 is 14.8 Å². The quantitative estimate of drug-likeness (QED) is 0.882. The first-order valence-electron chi connectivity index (χ1n) is 7.26. The van der Waals surface area contributed by atoms with E-state index in [2.05, 4.69) is 5.32 Å². The normalized spacial score (nSPS) is 14.7. The van der Waals surface area contributed by atoms with Gasteiger partial charge < -0.3 is 14.8 Å². The molecule has 7 nitrogen and oxygen atoms in total. The Bertz CT molecular complexity index is 694. The van der Waals surface area contributed by atoms with Crippen LogP contribution in [0.2, 0.25) is 0 Å². The van der Waals surface area contributed by atoms with E-state index < -0.39 is 15.6 Å². The summed E-state index contributed by atoms with van der Waals surface area (Å²) in [4.78, 5) is 12.0. The Morgan fingerprint density at radius 1 is 1.22 bits per heavy atom. The fourth-order valence-corrected chi connectivity index (χ4v) is 3.25. The molecule has 0 fully saturated rings. The Hall–Kier alpha value is -1.80. The summed E-state index contributed by atoms with van der Waals surface area (Å²) in [6, 6.07) is 4.42. The number of sulfonamides is 1. The van der Waals surface area contributed by atoms with Crippen LogP contribution in [0.25, 0.3) is 0 Å². The number of likely N-dealkylation sites (N-methyl/N-ethyl adjacent to an activating group) is 1. The van der Waals surface area contributed by atoms with Crippen molar-refractivity contribution in [2.45, 2.75) is 31.2 Å². The van der Waals surface area contributed by atoms with E-state index in [0.29, 0.717) is 24.7 Å². The minimum atomic E-state index is -3.79. The fourth-order valence-electron chi connectivity index (χ4n) is 2.11. The van der Waals surface area contributed by atoms with Crippen LogP contribution in [-0.4, -0.2) is 51.0 Å². The van der Waals surface area contributed by atoms with Gasteiger partial charge in [0.25, 0.3) is 0 Å². The third-order valence-corrected chi connectivity index (χ3v) is 4.90. The second-order valence-electron chi connectivity index (χ2n) is 6.36. The maximum atomic E-state index is 12.6. The van der Waals surface area contributed by atoms with Crippen molar-refractivity contribution >= 4 is 15.9 Å². The lowest BCUT2D eigenvalue weighted by Gasteiger charge is -2.24. The summed E-state index contributed by atoms with van der Waals surface area (Å²) < 4.78 is 36.9. The van der Waals surface area contributed by atoms with Crippen LogP contribution in [0.3, 0.4) is 0 Å². The number of carbonyl (C=O) groups is 1. The van der Waals surface area contributed by atoms with Gasteiger partial charge in [0.1, 0.15) is 13.2 Å². The van der Waals surface area contributed by atoms with Gasteiger partial charge in [0, 0.05) is 18.7 Å². The largest absolute Gasteiger partial charge is 0.486 e. The maximum Gasteiger partial charge on any atom is 0.243 e. The van der Waals surface area contributed by atoms with Gasteiger partial charge in [0.15, 0.2) is 11.5 Å².